The van der Waals surface area contributed by atoms with Crippen LogP contribution in [0.2, 0.25) is 0 Å². The molecule has 0 saturated carbocycles. The standard InChI is InChI=1S/C7H12N2O3S/c1-2-9-13(11,12)7-3-6(5-10)8-4-7/h3-4,8-10H,2,5H2,1H3. The molecule has 0 aliphatic heterocycles. The van der Waals surface area contributed by atoms with Crippen LogP contribution in [0, 0.1) is 0 Å². The van der Waals surface area contributed by atoms with Gasteiger partial charge in [0.05, 0.1) is 11.5 Å². The third-order valence-corrected chi connectivity index (χ3v) is 3.06. The zero-order chi connectivity index (χ0) is 9.90. The smallest absolute Gasteiger partial charge is 0.242 e. The molecule has 0 aliphatic rings. The monoisotopic (exact) mass is 204 g/mol. The number of aromatic nitrogens is 1. The van der Waals surface area contributed by atoms with Crippen molar-refractivity contribution in [1.82, 2.24) is 9.71 Å². The van der Waals surface area contributed by atoms with Crippen LogP contribution in [-0.4, -0.2) is 25.1 Å². The number of hydrogen-bond donors (Lipinski definition) is 3. The third-order valence-electron chi connectivity index (χ3n) is 1.53. The number of H-pyrrole nitrogens is 1. The molecule has 0 atom stereocenters. The Kier molecular flexibility index (Phi) is 3.07. The van der Waals surface area contributed by atoms with Gasteiger partial charge in [-0.1, -0.05) is 6.92 Å². The van der Waals surface area contributed by atoms with Gasteiger partial charge in [-0.15, -0.1) is 0 Å². The fraction of sp³-hybridized carbons (Fsp3) is 0.429. The predicted octanol–water partition coefficient (Wildman–Crippen LogP) is -0.195. The number of nitrogens with one attached hydrogen (secondary N) is 2. The summed E-state index contributed by atoms with van der Waals surface area (Å²) in [4.78, 5) is 2.80. The van der Waals surface area contributed by atoms with Crippen molar-refractivity contribution in [2.24, 2.45) is 0 Å². The number of hydrogen-bond acceptors (Lipinski definition) is 3. The van der Waals surface area contributed by atoms with Crippen LogP contribution in [0.1, 0.15) is 12.6 Å². The zero-order valence-electron chi connectivity index (χ0n) is 7.24. The molecule has 0 radical (unpaired) electrons. The summed E-state index contributed by atoms with van der Waals surface area (Å²) in [6.45, 7) is 1.86. The van der Waals surface area contributed by atoms with E-state index in [-0.39, 0.29) is 11.5 Å². The van der Waals surface area contributed by atoms with Gasteiger partial charge in [0, 0.05) is 18.4 Å². The van der Waals surface area contributed by atoms with Crippen molar-refractivity contribution in [2.75, 3.05) is 6.54 Å². The summed E-state index contributed by atoms with van der Waals surface area (Å²) in [6, 6.07) is 1.40. The molecule has 0 aromatic carbocycles. The zero-order valence-corrected chi connectivity index (χ0v) is 8.06. The minimum absolute atomic E-state index is 0.151. The molecule has 0 aliphatic carbocycles. The maximum atomic E-state index is 11.3. The topological polar surface area (TPSA) is 82.2 Å². The first kappa shape index (κ1) is 10.2. The Balaban J connectivity index is 2.94. The Morgan fingerprint density at radius 3 is 2.77 bits per heavy atom. The van der Waals surface area contributed by atoms with E-state index in [0.717, 1.165) is 0 Å². The van der Waals surface area contributed by atoms with Gasteiger partial charge in [0.25, 0.3) is 0 Å². The van der Waals surface area contributed by atoms with Gasteiger partial charge < -0.3 is 10.1 Å². The molecule has 1 heterocycles. The van der Waals surface area contributed by atoms with Crippen molar-refractivity contribution in [3.8, 4) is 0 Å². The lowest BCUT2D eigenvalue weighted by atomic mass is 10.5. The lowest BCUT2D eigenvalue weighted by Crippen LogP contribution is -2.22. The van der Waals surface area contributed by atoms with Crippen LogP contribution in [0.15, 0.2) is 17.2 Å². The highest BCUT2D eigenvalue weighted by molar-refractivity contribution is 7.89. The molecule has 3 N–H and O–H groups in total. The third kappa shape index (κ3) is 2.30. The highest BCUT2D eigenvalue weighted by Gasteiger charge is 2.13. The van der Waals surface area contributed by atoms with E-state index < -0.39 is 10.0 Å². The molecular weight excluding hydrogens is 192 g/mol. The number of aliphatic hydroxyl groups excluding tert-OH is 1. The van der Waals surface area contributed by atoms with Gasteiger partial charge in [-0.3, -0.25) is 0 Å². The average molecular weight is 204 g/mol. The van der Waals surface area contributed by atoms with Crippen molar-refractivity contribution in [3.63, 3.8) is 0 Å². The first-order valence-electron chi connectivity index (χ1n) is 3.88. The molecule has 0 fully saturated rings. The molecule has 1 rings (SSSR count). The molecule has 0 unspecified atom stereocenters. The summed E-state index contributed by atoms with van der Waals surface area (Å²) in [5.74, 6) is 0. The highest BCUT2D eigenvalue weighted by Crippen LogP contribution is 2.09. The van der Waals surface area contributed by atoms with Gasteiger partial charge in [0.1, 0.15) is 0 Å². The lowest BCUT2D eigenvalue weighted by molar-refractivity contribution is 0.277. The van der Waals surface area contributed by atoms with Crippen LogP contribution < -0.4 is 4.72 Å². The van der Waals surface area contributed by atoms with Gasteiger partial charge >= 0.3 is 0 Å². The van der Waals surface area contributed by atoms with Gasteiger partial charge in [0.15, 0.2) is 0 Å². The average Bonchev–Trinajstić information content (AvgIpc) is 2.52. The van der Waals surface area contributed by atoms with Gasteiger partial charge in [0.2, 0.25) is 10.0 Å². The first-order valence-corrected chi connectivity index (χ1v) is 5.36. The van der Waals surface area contributed by atoms with Crippen LogP contribution in [0.25, 0.3) is 0 Å². The minimum atomic E-state index is -3.39. The Morgan fingerprint density at radius 2 is 2.31 bits per heavy atom. The van der Waals surface area contributed by atoms with Crippen molar-refractivity contribution in [3.05, 3.63) is 18.0 Å². The fourth-order valence-corrected chi connectivity index (χ4v) is 2.00. The second-order valence-corrected chi connectivity index (χ2v) is 4.29. The maximum Gasteiger partial charge on any atom is 0.242 e. The summed E-state index contributed by atoms with van der Waals surface area (Å²) >= 11 is 0. The van der Waals surface area contributed by atoms with E-state index in [1.165, 1.54) is 12.3 Å². The van der Waals surface area contributed by atoms with E-state index >= 15 is 0 Å². The Labute approximate surface area is 76.8 Å². The van der Waals surface area contributed by atoms with Crippen molar-refractivity contribution in [2.45, 2.75) is 18.4 Å². The van der Waals surface area contributed by atoms with Crippen molar-refractivity contribution < 1.29 is 13.5 Å². The summed E-state index contributed by atoms with van der Waals surface area (Å²) in [6.07, 6.45) is 1.35. The predicted molar refractivity (Wildman–Crippen MR) is 47.6 cm³/mol. The van der Waals surface area contributed by atoms with Crippen molar-refractivity contribution in [1.29, 1.82) is 0 Å². The molecule has 6 heteroatoms. The molecule has 13 heavy (non-hydrogen) atoms. The molecule has 0 amide bonds. The Bertz CT molecular complexity index is 369. The van der Waals surface area contributed by atoms with Gasteiger partial charge in [-0.05, 0) is 6.07 Å². The lowest BCUT2D eigenvalue weighted by Gasteiger charge is -1.99. The van der Waals surface area contributed by atoms with E-state index in [9.17, 15) is 8.42 Å². The number of aliphatic hydroxyl groups is 1. The molecule has 1 aromatic heterocycles. The van der Waals surface area contributed by atoms with E-state index in [2.05, 4.69) is 9.71 Å². The minimum Gasteiger partial charge on any atom is -0.390 e. The number of aromatic amines is 1. The Hall–Kier alpha value is -0.850. The second kappa shape index (κ2) is 3.91. The second-order valence-electron chi connectivity index (χ2n) is 2.52. The normalized spacial score (nSPS) is 11.8. The van der Waals surface area contributed by atoms with Crippen LogP contribution in [-0.2, 0) is 16.6 Å². The van der Waals surface area contributed by atoms with Gasteiger partial charge in [-0.25, -0.2) is 13.1 Å². The highest BCUT2D eigenvalue weighted by atomic mass is 32.2. The Morgan fingerprint density at radius 1 is 1.62 bits per heavy atom. The quantitative estimate of drug-likeness (QED) is 0.635. The molecule has 0 saturated heterocycles. The van der Waals surface area contributed by atoms with Crippen molar-refractivity contribution >= 4 is 10.0 Å². The SMILES string of the molecule is CCNS(=O)(=O)c1c[nH]c(CO)c1. The van der Waals surface area contributed by atoms with E-state index in [1.807, 2.05) is 0 Å². The number of rotatable bonds is 4. The summed E-state index contributed by atoms with van der Waals surface area (Å²) in [5, 5.41) is 8.70. The molecule has 0 bridgehead atoms. The molecular formula is C7H12N2O3S. The summed E-state index contributed by atoms with van der Waals surface area (Å²) in [7, 11) is -3.39. The van der Waals surface area contributed by atoms with Crippen LogP contribution >= 0.6 is 0 Å². The molecule has 1 aromatic rings. The maximum absolute atomic E-state index is 11.3. The summed E-state index contributed by atoms with van der Waals surface area (Å²) in [5.41, 5.74) is 0.483. The summed E-state index contributed by atoms with van der Waals surface area (Å²) < 4.78 is 25.0. The fourth-order valence-electron chi connectivity index (χ4n) is 0.939. The van der Waals surface area contributed by atoms with Gasteiger partial charge in [-0.2, -0.15) is 0 Å². The van der Waals surface area contributed by atoms with E-state index in [0.29, 0.717) is 12.2 Å². The first-order chi connectivity index (χ1) is 6.10. The largest absolute Gasteiger partial charge is 0.390 e. The van der Waals surface area contributed by atoms with E-state index in [4.69, 9.17) is 5.11 Å². The number of sulfonamides is 1. The van der Waals surface area contributed by atoms with Crippen LogP contribution in [0.3, 0.4) is 0 Å². The molecule has 5 nitrogen and oxygen atoms in total. The molecule has 0 spiro atoms. The van der Waals surface area contributed by atoms with Crippen LogP contribution in [0.5, 0.6) is 0 Å². The van der Waals surface area contributed by atoms with E-state index in [1.54, 1.807) is 6.92 Å². The molecule has 74 valence electrons. The van der Waals surface area contributed by atoms with Crippen LogP contribution in [0.4, 0.5) is 0 Å².